The zero-order valence-corrected chi connectivity index (χ0v) is 26.4. The van der Waals surface area contributed by atoms with E-state index in [9.17, 15) is 4.79 Å². The number of nitrogens with zero attached hydrogens (tertiary/aromatic N) is 6. The molecule has 11 heteroatoms. The highest BCUT2D eigenvalue weighted by atomic mass is 16.6. The largest absolute Gasteiger partial charge is 0.461 e. The van der Waals surface area contributed by atoms with Crippen LogP contribution in [-0.4, -0.2) is 92.1 Å². The minimum Gasteiger partial charge on any atom is -0.461 e. The molecule has 3 aliphatic heterocycles. The summed E-state index contributed by atoms with van der Waals surface area (Å²) >= 11 is 0. The number of hydrogen-bond acceptors (Lipinski definition) is 9. The van der Waals surface area contributed by atoms with Crippen LogP contribution >= 0.6 is 0 Å². The van der Waals surface area contributed by atoms with Gasteiger partial charge in [0, 0.05) is 55.9 Å². The zero-order chi connectivity index (χ0) is 32.0. The van der Waals surface area contributed by atoms with Gasteiger partial charge in [-0.3, -0.25) is 4.90 Å². The minimum absolute atomic E-state index is 0.0764. The van der Waals surface area contributed by atoms with E-state index in [2.05, 4.69) is 62.4 Å². The summed E-state index contributed by atoms with van der Waals surface area (Å²) in [6, 6.07) is 24.5. The summed E-state index contributed by atoms with van der Waals surface area (Å²) in [5.74, 6) is 0.817. The Morgan fingerprint density at radius 3 is 2.70 bits per heavy atom. The van der Waals surface area contributed by atoms with Crippen molar-refractivity contribution in [3.8, 4) is 6.01 Å². The third kappa shape index (κ3) is 6.94. The van der Waals surface area contributed by atoms with E-state index in [1.54, 1.807) is 4.90 Å². The lowest BCUT2D eigenvalue weighted by Crippen LogP contribution is -2.57. The topological polar surface area (TPSA) is 96.6 Å². The molecule has 7 rings (SSSR count). The van der Waals surface area contributed by atoms with Crippen LogP contribution in [0.3, 0.4) is 0 Å². The summed E-state index contributed by atoms with van der Waals surface area (Å²) in [5, 5.41) is 5.76. The van der Waals surface area contributed by atoms with Crippen molar-refractivity contribution < 1.29 is 19.0 Å². The quantitative estimate of drug-likeness (QED) is 0.285. The highest BCUT2D eigenvalue weighted by Crippen LogP contribution is 2.34. The lowest BCUT2D eigenvalue weighted by molar-refractivity contribution is -0.00183. The molecular weight excluding hydrogens is 594 g/mol. The first-order chi connectivity index (χ1) is 23.2. The van der Waals surface area contributed by atoms with Gasteiger partial charge in [0.15, 0.2) is 0 Å². The number of carbonyl (C=O) groups excluding carboxylic acids is 1. The Morgan fingerprint density at radius 2 is 1.85 bits per heavy atom. The van der Waals surface area contributed by atoms with Gasteiger partial charge in [-0.25, -0.2) is 11.4 Å². The summed E-state index contributed by atoms with van der Waals surface area (Å²) in [7, 11) is 0. The van der Waals surface area contributed by atoms with Gasteiger partial charge in [0.2, 0.25) is 6.54 Å². The predicted molar refractivity (Wildman–Crippen MR) is 180 cm³/mol. The lowest BCUT2D eigenvalue weighted by Gasteiger charge is -2.40. The molecule has 4 heterocycles. The number of piperazine rings is 1. The van der Waals surface area contributed by atoms with Crippen molar-refractivity contribution in [2.45, 2.75) is 31.7 Å². The highest BCUT2D eigenvalue weighted by Gasteiger charge is 2.36. The lowest BCUT2D eigenvalue weighted by atomic mass is 10.0. The van der Waals surface area contributed by atoms with Crippen molar-refractivity contribution in [3.05, 3.63) is 101 Å². The Bertz CT molecular complexity index is 1740. The number of amides is 1. The average molecular weight is 634 g/mol. The van der Waals surface area contributed by atoms with E-state index in [-0.39, 0.29) is 25.3 Å². The first-order valence-corrected chi connectivity index (χ1v) is 16.3. The number of ether oxygens (including phenoxy) is 3. The molecule has 0 radical (unpaired) electrons. The molecule has 2 fully saturated rings. The second kappa shape index (κ2) is 14.2. The van der Waals surface area contributed by atoms with Crippen LogP contribution in [0.5, 0.6) is 6.01 Å². The Hall–Kier alpha value is -4.92. The molecule has 0 saturated carbocycles. The van der Waals surface area contributed by atoms with E-state index >= 15 is 0 Å². The monoisotopic (exact) mass is 633 g/mol. The Morgan fingerprint density at radius 1 is 1.00 bits per heavy atom. The van der Waals surface area contributed by atoms with Gasteiger partial charge in [0.25, 0.3) is 0 Å². The maximum absolute atomic E-state index is 13.2. The average Bonchev–Trinajstić information content (AvgIpc) is 3.13. The van der Waals surface area contributed by atoms with Gasteiger partial charge in [-0.2, -0.15) is 9.97 Å². The van der Waals surface area contributed by atoms with Gasteiger partial charge >= 0.3 is 12.1 Å². The summed E-state index contributed by atoms with van der Waals surface area (Å²) in [4.78, 5) is 33.1. The summed E-state index contributed by atoms with van der Waals surface area (Å²) in [6.45, 7) is 13.4. The molecule has 1 unspecified atom stereocenters. The third-order valence-corrected chi connectivity index (χ3v) is 9.06. The first kappa shape index (κ1) is 30.7. The number of benzene rings is 3. The third-order valence-electron chi connectivity index (χ3n) is 9.06. The fraction of sp³-hybridized carbons (Fsp3) is 0.389. The maximum atomic E-state index is 13.2. The molecule has 0 bridgehead atoms. The van der Waals surface area contributed by atoms with Crippen LogP contribution in [-0.2, 0) is 29.0 Å². The van der Waals surface area contributed by atoms with Crippen molar-refractivity contribution in [2.24, 2.45) is 0 Å². The SMILES string of the molecule is [C-]#[N+]CC1CN(c2nc(OC[C@H]3CNCCO3)nc3c2CCN(c2cccc4ccccc24)C3)CCN1C(=O)OCc1ccccc1. The molecule has 3 aromatic carbocycles. The number of carbonyl (C=O) groups is 1. The van der Waals surface area contributed by atoms with Crippen LogP contribution in [0.15, 0.2) is 72.8 Å². The normalized spacial score (nSPS) is 19.6. The molecule has 242 valence electrons. The number of rotatable bonds is 8. The number of morpholine rings is 1. The molecule has 1 N–H and O–H groups in total. The molecule has 11 nitrogen and oxygen atoms in total. The van der Waals surface area contributed by atoms with Crippen molar-refractivity contribution in [1.82, 2.24) is 20.2 Å². The molecule has 3 aliphatic rings. The summed E-state index contributed by atoms with van der Waals surface area (Å²) < 4.78 is 17.7. The molecule has 47 heavy (non-hydrogen) atoms. The van der Waals surface area contributed by atoms with E-state index in [4.69, 9.17) is 30.8 Å². The van der Waals surface area contributed by atoms with Crippen LogP contribution in [0, 0.1) is 6.57 Å². The predicted octanol–water partition coefficient (Wildman–Crippen LogP) is 4.31. The smallest absolute Gasteiger partial charge is 0.410 e. The van der Waals surface area contributed by atoms with E-state index in [1.165, 1.54) is 16.5 Å². The fourth-order valence-electron chi connectivity index (χ4n) is 6.65. The first-order valence-electron chi connectivity index (χ1n) is 16.3. The van der Waals surface area contributed by atoms with Crippen molar-refractivity contribution >= 4 is 28.4 Å². The number of aromatic nitrogens is 2. The molecule has 1 amide bonds. The fourth-order valence-corrected chi connectivity index (χ4v) is 6.65. The van der Waals surface area contributed by atoms with Gasteiger partial charge in [0.1, 0.15) is 31.2 Å². The van der Waals surface area contributed by atoms with Gasteiger partial charge in [0.05, 0.1) is 18.8 Å². The van der Waals surface area contributed by atoms with Crippen LogP contribution in [0.25, 0.3) is 15.6 Å². The Kier molecular flexibility index (Phi) is 9.31. The van der Waals surface area contributed by atoms with E-state index < -0.39 is 6.09 Å². The zero-order valence-electron chi connectivity index (χ0n) is 26.4. The van der Waals surface area contributed by atoms with E-state index in [1.807, 2.05) is 30.3 Å². The van der Waals surface area contributed by atoms with Crippen LogP contribution < -0.4 is 19.9 Å². The second-order valence-corrected chi connectivity index (χ2v) is 12.1. The van der Waals surface area contributed by atoms with Crippen LogP contribution in [0.1, 0.15) is 16.8 Å². The molecule has 2 atom stereocenters. The number of anilines is 2. The van der Waals surface area contributed by atoms with Gasteiger partial charge in [-0.05, 0) is 23.4 Å². The Balaban J connectivity index is 1.14. The van der Waals surface area contributed by atoms with Crippen molar-refractivity contribution in [2.75, 3.05) is 68.8 Å². The molecular formula is C36H39N7O4. The van der Waals surface area contributed by atoms with E-state index in [0.29, 0.717) is 51.9 Å². The number of nitrogens with one attached hydrogen (secondary N) is 1. The van der Waals surface area contributed by atoms with Gasteiger partial charge < -0.3 is 34.2 Å². The summed E-state index contributed by atoms with van der Waals surface area (Å²) in [6.07, 6.45) is 0.284. The van der Waals surface area contributed by atoms with Crippen molar-refractivity contribution in [3.63, 3.8) is 0 Å². The Labute approximate surface area is 274 Å². The molecule has 4 aromatic rings. The number of hydrogen-bond donors (Lipinski definition) is 1. The maximum Gasteiger partial charge on any atom is 0.410 e. The van der Waals surface area contributed by atoms with Gasteiger partial charge in [-0.15, -0.1) is 0 Å². The molecule has 1 aromatic heterocycles. The highest BCUT2D eigenvalue weighted by molar-refractivity contribution is 5.94. The standard InChI is InChI=1S/C36H39N7O4/c1-37-20-28-22-42(17-18-43(28)36(44)47-24-26-8-3-2-4-9-26)34-31-14-16-41(33-13-7-11-27-10-5-6-12-30(27)33)23-32(31)39-35(40-34)46-25-29-21-38-15-19-45-29/h2-13,28-29,38H,14-25H2/t28?,29-/m1/s1. The molecule has 2 saturated heterocycles. The molecule has 0 aliphatic carbocycles. The van der Waals surface area contributed by atoms with Gasteiger partial charge in [-0.1, -0.05) is 66.7 Å². The molecule has 0 spiro atoms. The van der Waals surface area contributed by atoms with Crippen LogP contribution in [0.4, 0.5) is 16.3 Å². The number of fused-ring (bicyclic) bond motifs is 2. The van der Waals surface area contributed by atoms with Crippen molar-refractivity contribution in [1.29, 1.82) is 0 Å². The van der Waals surface area contributed by atoms with E-state index in [0.717, 1.165) is 42.1 Å². The summed E-state index contributed by atoms with van der Waals surface area (Å²) in [5.41, 5.74) is 4.12. The van der Waals surface area contributed by atoms with Crippen LogP contribution in [0.2, 0.25) is 0 Å². The minimum atomic E-state index is -0.400. The second-order valence-electron chi connectivity index (χ2n) is 12.1.